The third-order valence-electron chi connectivity index (χ3n) is 4.40. The lowest BCUT2D eigenvalue weighted by atomic mass is 10.0. The second-order valence-corrected chi connectivity index (χ2v) is 6.93. The van der Waals surface area contributed by atoms with Crippen LogP contribution >= 0.6 is 0 Å². The Morgan fingerprint density at radius 3 is 2.67 bits per heavy atom. The molecule has 0 spiro atoms. The molecule has 148 valence electrons. The maximum Gasteiger partial charge on any atom is 0.450 e. The molecule has 1 unspecified atom stereocenters. The van der Waals surface area contributed by atoms with Gasteiger partial charge in [-0.05, 0) is 49.3 Å². The number of carbonyl (C=O) groups excluding carboxylic acids is 2. The van der Waals surface area contributed by atoms with Gasteiger partial charge in [0.2, 0.25) is 5.78 Å². The number of ketones is 1. The number of rotatable bonds is 6. The van der Waals surface area contributed by atoms with Gasteiger partial charge in [0, 0.05) is 5.71 Å². The van der Waals surface area contributed by atoms with Crippen LogP contribution in [0.1, 0.15) is 50.2 Å². The van der Waals surface area contributed by atoms with Crippen molar-refractivity contribution in [1.29, 1.82) is 0 Å². The summed E-state index contributed by atoms with van der Waals surface area (Å²) in [6, 6.07) is 5.70. The largest absolute Gasteiger partial charge is 0.483 e. The summed E-state index contributed by atoms with van der Waals surface area (Å²) in [5.74, 6) is -2.93. The highest BCUT2D eigenvalue weighted by Gasteiger charge is 2.46. The number of hydrazone groups is 1. The van der Waals surface area contributed by atoms with E-state index in [-0.39, 0.29) is 31.1 Å². The molecule has 27 heavy (non-hydrogen) atoms. The Hall–Kier alpha value is -2.38. The second-order valence-electron chi connectivity index (χ2n) is 6.93. The summed E-state index contributed by atoms with van der Waals surface area (Å²) in [6.07, 6.45) is -4.13. The number of nitrogens with one attached hydrogen (secondary N) is 1. The van der Waals surface area contributed by atoms with Crippen LogP contribution < -0.4 is 10.2 Å². The number of halogens is 3. The molecule has 2 rings (SSSR count). The molecule has 0 saturated heterocycles. The van der Waals surface area contributed by atoms with E-state index in [9.17, 15) is 22.8 Å². The second kappa shape index (κ2) is 8.54. The van der Waals surface area contributed by atoms with Gasteiger partial charge in [0.1, 0.15) is 5.75 Å². The minimum absolute atomic E-state index is 0.0594. The molecule has 8 heteroatoms. The van der Waals surface area contributed by atoms with Crippen molar-refractivity contribution in [2.45, 2.75) is 52.1 Å². The van der Waals surface area contributed by atoms with Gasteiger partial charge < -0.3 is 4.74 Å². The van der Waals surface area contributed by atoms with Gasteiger partial charge in [-0.25, -0.2) is 5.43 Å². The normalized spacial score (nSPS) is 18.8. The van der Waals surface area contributed by atoms with Crippen LogP contribution in [0.15, 0.2) is 23.3 Å². The standard InChI is InChI=1S/C19H23F3N2O3/c1-11(2)13-8-7-12(3)9-16(13)27-10-17(25)24-23-15-6-4-5-14(15)18(26)19(20,21)22/h7-9,11,14H,4-6,10H2,1-3H3,(H,24,25). The first-order valence-corrected chi connectivity index (χ1v) is 8.79. The van der Waals surface area contributed by atoms with Crippen LogP contribution in [0.4, 0.5) is 13.2 Å². The van der Waals surface area contributed by atoms with Crippen LogP contribution in [0.3, 0.4) is 0 Å². The fourth-order valence-corrected chi connectivity index (χ4v) is 3.00. The molecule has 0 aliphatic heterocycles. The molecule has 1 atom stereocenters. The minimum atomic E-state index is -4.90. The van der Waals surface area contributed by atoms with Gasteiger partial charge in [-0.15, -0.1) is 0 Å². The van der Waals surface area contributed by atoms with Gasteiger partial charge in [0.25, 0.3) is 5.91 Å². The Balaban J connectivity index is 1.97. The molecule has 0 heterocycles. The minimum Gasteiger partial charge on any atom is -0.483 e. The first-order chi connectivity index (χ1) is 12.6. The van der Waals surface area contributed by atoms with Crippen molar-refractivity contribution in [3.8, 4) is 5.75 Å². The molecule has 1 N–H and O–H groups in total. The summed E-state index contributed by atoms with van der Waals surface area (Å²) in [5.41, 5.74) is 4.19. The van der Waals surface area contributed by atoms with E-state index in [2.05, 4.69) is 10.5 Å². The molecular weight excluding hydrogens is 361 g/mol. The van der Waals surface area contributed by atoms with Gasteiger partial charge in [-0.3, -0.25) is 9.59 Å². The fraction of sp³-hybridized carbons (Fsp3) is 0.526. The average Bonchev–Trinajstić information content (AvgIpc) is 3.04. The van der Waals surface area contributed by atoms with Crippen LogP contribution in [-0.4, -0.2) is 30.2 Å². The molecule has 0 aromatic heterocycles. The third-order valence-corrected chi connectivity index (χ3v) is 4.40. The van der Waals surface area contributed by atoms with Crippen LogP contribution in [0, 0.1) is 12.8 Å². The number of carbonyl (C=O) groups is 2. The highest BCUT2D eigenvalue weighted by molar-refractivity contribution is 6.08. The number of hydrogen-bond acceptors (Lipinski definition) is 4. The summed E-state index contributed by atoms with van der Waals surface area (Å²) in [5, 5.41) is 3.74. The Morgan fingerprint density at radius 1 is 1.33 bits per heavy atom. The molecule has 1 aliphatic rings. The van der Waals surface area contributed by atoms with E-state index < -0.39 is 23.8 Å². The molecule has 1 fully saturated rings. The number of aryl methyl sites for hydroxylation is 1. The van der Waals surface area contributed by atoms with Gasteiger partial charge >= 0.3 is 6.18 Å². The lowest BCUT2D eigenvalue weighted by Gasteiger charge is -2.15. The lowest BCUT2D eigenvalue weighted by molar-refractivity contribution is -0.173. The number of Topliss-reactive ketones (excluding diaryl/α,β-unsaturated/α-hetero) is 1. The molecule has 1 amide bonds. The monoisotopic (exact) mass is 384 g/mol. The number of amides is 1. The van der Waals surface area contributed by atoms with Crippen molar-refractivity contribution in [1.82, 2.24) is 5.43 Å². The third kappa shape index (κ3) is 5.55. The van der Waals surface area contributed by atoms with Crippen LogP contribution in [-0.2, 0) is 9.59 Å². The number of benzene rings is 1. The Kier molecular flexibility index (Phi) is 6.62. The highest BCUT2D eigenvalue weighted by Crippen LogP contribution is 2.31. The zero-order valence-corrected chi connectivity index (χ0v) is 15.5. The molecular formula is C19H23F3N2O3. The molecule has 1 aromatic rings. The number of nitrogens with zero attached hydrogens (tertiary/aromatic N) is 1. The predicted octanol–water partition coefficient (Wildman–Crippen LogP) is 3.90. The van der Waals surface area contributed by atoms with Gasteiger partial charge in [0.05, 0.1) is 5.92 Å². The molecule has 1 saturated carbocycles. The fourth-order valence-electron chi connectivity index (χ4n) is 3.00. The lowest BCUT2D eigenvalue weighted by Crippen LogP contribution is -2.34. The van der Waals surface area contributed by atoms with Gasteiger partial charge in [-0.2, -0.15) is 18.3 Å². The maximum absolute atomic E-state index is 12.6. The summed E-state index contributed by atoms with van der Waals surface area (Å²) in [4.78, 5) is 23.4. The predicted molar refractivity (Wildman–Crippen MR) is 94.7 cm³/mol. The van der Waals surface area contributed by atoms with E-state index in [1.807, 2.05) is 39.0 Å². The first-order valence-electron chi connectivity index (χ1n) is 8.79. The number of hydrogen-bond donors (Lipinski definition) is 1. The van der Waals surface area contributed by atoms with E-state index in [4.69, 9.17) is 4.74 Å². The molecule has 1 aliphatic carbocycles. The summed E-state index contributed by atoms with van der Waals surface area (Å²) in [6.45, 7) is 5.58. The Morgan fingerprint density at radius 2 is 2.04 bits per heavy atom. The van der Waals surface area contributed by atoms with Crippen molar-refractivity contribution < 1.29 is 27.5 Å². The van der Waals surface area contributed by atoms with E-state index >= 15 is 0 Å². The van der Waals surface area contributed by atoms with Gasteiger partial charge in [0.15, 0.2) is 6.61 Å². The van der Waals surface area contributed by atoms with Gasteiger partial charge in [-0.1, -0.05) is 26.0 Å². The highest BCUT2D eigenvalue weighted by atomic mass is 19.4. The van der Waals surface area contributed by atoms with Crippen molar-refractivity contribution >= 4 is 17.4 Å². The van der Waals surface area contributed by atoms with Crippen molar-refractivity contribution in [3.63, 3.8) is 0 Å². The number of ether oxygens (including phenoxy) is 1. The summed E-state index contributed by atoms with van der Waals surface area (Å²) in [7, 11) is 0. The molecule has 1 aromatic carbocycles. The van der Waals surface area contributed by atoms with E-state index in [0.29, 0.717) is 12.2 Å². The average molecular weight is 384 g/mol. The summed E-state index contributed by atoms with van der Waals surface area (Å²) < 4.78 is 43.4. The van der Waals surface area contributed by atoms with Crippen LogP contribution in [0.25, 0.3) is 0 Å². The zero-order chi connectivity index (χ0) is 20.2. The smallest absolute Gasteiger partial charge is 0.450 e. The number of alkyl halides is 3. The molecule has 5 nitrogen and oxygen atoms in total. The first kappa shape index (κ1) is 20.9. The van der Waals surface area contributed by atoms with E-state index in [1.54, 1.807) is 0 Å². The maximum atomic E-state index is 12.6. The zero-order valence-electron chi connectivity index (χ0n) is 15.5. The topological polar surface area (TPSA) is 67.8 Å². The van der Waals surface area contributed by atoms with Crippen molar-refractivity contribution in [3.05, 3.63) is 29.3 Å². The van der Waals surface area contributed by atoms with Crippen LogP contribution in [0.5, 0.6) is 5.75 Å². The summed E-state index contributed by atoms with van der Waals surface area (Å²) >= 11 is 0. The Labute approximate surface area is 156 Å². The van der Waals surface area contributed by atoms with Crippen molar-refractivity contribution in [2.75, 3.05) is 6.61 Å². The van der Waals surface area contributed by atoms with E-state index in [0.717, 1.165) is 11.1 Å². The van der Waals surface area contributed by atoms with Crippen molar-refractivity contribution in [2.24, 2.45) is 11.0 Å². The SMILES string of the molecule is Cc1ccc(C(C)C)c(OCC(=O)NN=C2CCCC2C(=O)C(F)(F)F)c1. The molecule has 0 radical (unpaired) electrons. The van der Waals surface area contributed by atoms with Crippen LogP contribution in [0.2, 0.25) is 0 Å². The van der Waals surface area contributed by atoms with E-state index in [1.165, 1.54) is 0 Å². The quantitative estimate of drug-likeness (QED) is 0.757. The molecule has 0 bridgehead atoms. The Bertz CT molecular complexity index is 742.